The summed E-state index contributed by atoms with van der Waals surface area (Å²) in [6.07, 6.45) is 3.11. The fraction of sp³-hybridized carbons (Fsp3) is 0.300. The number of nitrogens with one attached hydrogen (secondary N) is 1. The number of aliphatic hydroxyl groups is 1. The van der Waals surface area contributed by atoms with Crippen LogP contribution < -0.4 is 5.32 Å². The van der Waals surface area contributed by atoms with E-state index in [0.717, 1.165) is 29.9 Å². The molecule has 28 heavy (non-hydrogen) atoms. The van der Waals surface area contributed by atoms with Crippen LogP contribution >= 0.6 is 0 Å². The predicted molar refractivity (Wildman–Crippen MR) is 107 cm³/mol. The molecular formula is C20H21N3O4S. The van der Waals surface area contributed by atoms with Crippen molar-refractivity contribution >= 4 is 26.4 Å². The van der Waals surface area contributed by atoms with E-state index in [0.29, 0.717) is 23.5 Å². The van der Waals surface area contributed by atoms with Crippen molar-refractivity contribution in [2.24, 2.45) is 0 Å². The number of sulfone groups is 1. The van der Waals surface area contributed by atoms with Crippen molar-refractivity contribution in [3.05, 3.63) is 42.5 Å². The van der Waals surface area contributed by atoms with Crippen molar-refractivity contribution in [1.82, 2.24) is 10.2 Å². The van der Waals surface area contributed by atoms with Crippen LogP contribution in [0.3, 0.4) is 0 Å². The van der Waals surface area contributed by atoms with Crippen LogP contribution in [-0.4, -0.2) is 47.2 Å². The van der Waals surface area contributed by atoms with E-state index in [-0.39, 0.29) is 22.8 Å². The molecule has 8 heteroatoms. The fourth-order valence-corrected chi connectivity index (χ4v) is 4.27. The molecule has 0 saturated heterocycles. The first kappa shape index (κ1) is 18.6. The van der Waals surface area contributed by atoms with Gasteiger partial charge in [-0.15, -0.1) is 10.2 Å². The monoisotopic (exact) mass is 399 g/mol. The molecule has 0 unspecified atom stereocenters. The molecule has 1 aromatic heterocycles. The van der Waals surface area contributed by atoms with E-state index >= 15 is 0 Å². The molecule has 146 valence electrons. The Labute approximate surface area is 163 Å². The van der Waals surface area contributed by atoms with E-state index in [9.17, 15) is 18.6 Å². The molecule has 0 amide bonds. The van der Waals surface area contributed by atoms with Crippen LogP contribution in [0.15, 0.2) is 47.4 Å². The first-order valence-electron chi connectivity index (χ1n) is 9.06. The number of phenols is 1. The molecule has 0 radical (unpaired) electrons. The van der Waals surface area contributed by atoms with Crippen LogP contribution in [0.4, 0.5) is 5.82 Å². The van der Waals surface area contributed by atoms with Crippen molar-refractivity contribution in [2.45, 2.75) is 36.3 Å². The van der Waals surface area contributed by atoms with Gasteiger partial charge in [-0.05, 0) is 37.5 Å². The second-order valence-corrected chi connectivity index (χ2v) is 9.22. The van der Waals surface area contributed by atoms with Crippen LogP contribution in [0.25, 0.3) is 22.0 Å². The van der Waals surface area contributed by atoms with Gasteiger partial charge >= 0.3 is 0 Å². The summed E-state index contributed by atoms with van der Waals surface area (Å²) >= 11 is 0. The number of rotatable bonds is 4. The normalized spacial score (nSPS) is 19.8. The number of anilines is 1. The summed E-state index contributed by atoms with van der Waals surface area (Å²) in [5.74, 6) is 0.465. The van der Waals surface area contributed by atoms with Gasteiger partial charge in [-0.2, -0.15) is 0 Å². The van der Waals surface area contributed by atoms with Gasteiger partial charge in [0.15, 0.2) is 15.7 Å². The Balaban J connectivity index is 1.78. The van der Waals surface area contributed by atoms with E-state index in [1.54, 1.807) is 6.07 Å². The molecule has 0 aliphatic heterocycles. The van der Waals surface area contributed by atoms with Crippen LogP contribution in [0, 0.1) is 0 Å². The van der Waals surface area contributed by atoms with Gasteiger partial charge in [0.05, 0.1) is 11.0 Å². The largest absolute Gasteiger partial charge is 0.507 e. The Hall–Kier alpha value is -2.71. The van der Waals surface area contributed by atoms with Crippen molar-refractivity contribution in [3.8, 4) is 17.0 Å². The number of phenolic OH excluding ortho intramolecular Hbond substituents is 1. The average Bonchev–Trinajstić information content (AvgIpc) is 3.06. The third-order valence-corrected chi connectivity index (χ3v) is 6.20. The predicted octanol–water partition coefficient (Wildman–Crippen LogP) is 2.73. The summed E-state index contributed by atoms with van der Waals surface area (Å²) < 4.78 is 23.4. The standard InChI is InChI=1S/C20H21N3O4S/c1-28(26,27)14-8-9-17(18(25)11-14)19-15-4-2-3-5-16(15)20(23-22-19)21-12-6-7-13(24)10-12/h2-5,8-9,11-13,24-25H,6-7,10H2,1H3,(H,21,23)/t12-,13-/m0/s1. The van der Waals surface area contributed by atoms with Crippen molar-refractivity contribution in [1.29, 1.82) is 0 Å². The fourth-order valence-electron chi connectivity index (χ4n) is 3.63. The summed E-state index contributed by atoms with van der Waals surface area (Å²) in [6.45, 7) is 0. The highest BCUT2D eigenvalue weighted by Crippen LogP contribution is 2.36. The second kappa shape index (κ2) is 7.03. The molecule has 1 aliphatic carbocycles. The minimum Gasteiger partial charge on any atom is -0.507 e. The quantitative estimate of drug-likeness (QED) is 0.618. The summed E-state index contributed by atoms with van der Waals surface area (Å²) in [5.41, 5.74) is 0.893. The number of hydrogen-bond acceptors (Lipinski definition) is 7. The molecule has 3 N–H and O–H groups in total. The van der Waals surface area contributed by atoms with Gasteiger partial charge in [0.25, 0.3) is 0 Å². The third kappa shape index (κ3) is 3.53. The Morgan fingerprint density at radius 3 is 2.46 bits per heavy atom. The third-order valence-electron chi connectivity index (χ3n) is 5.09. The lowest BCUT2D eigenvalue weighted by Gasteiger charge is -2.16. The number of benzene rings is 2. The number of nitrogens with zero attached hydrogens (tertiary/aromatic N) is 2. The van der Waals surface area contributed by atoms with Crippen molar-refractivity contribution < 1.29 is 18.6 Å². The lowest BCUT2D eigenvalue weighted by Crippen LogP contribution is -2.18. The van der Waals surface area contributed by atoms with Gasteiger partial charge in [-0.1, -0.05) is 24.3 Å². The highest BCUT2D eigenvalue weighted by molar-refractivity contribution is 7.90. The van der Waals surface area contributed by atoms with Gasteiger partial charge in [0, 0.05) is 28.6 Å². The number of aromatic nitrogens is 2. The van der Waals surface area contributed by atoms with E-state index in [1.165, 1.54) is 12.1 Å². The maximum absolute atomic E-state index is 11.7. The van der Waals surface area contributed by atoms with Crippen LogP contribution in [0.1, 0.15) is 19.3 Å². The highest BCUT2D eigenvalue weighted by Gasteiger charge is 2.24. The minimum atomic E-state index is -3.42. The molecule has 1 saturated carbocycles. The lowest BCUT2D eigenvalue weighted by atomic mass is 10.0. The molecule has 1 fully saturated rings. The van der Waals surface area contributed by atoms with Crippen LogP contribution in [0.5, 0.6) is 5.75 Å². The molecule has 4 rings (SSSR count). The molecule has 2 atom stereocenters. The van der Waals surface area contributed by atoms with E-state index < -0.39 is 9.84 Å². The minimum absolute atomic E-state index is 0.0455. The Kier molecular flexibility index (Phi) is 4.68. The van der Waals surface area contributed by atoms with Crippen molar-refractivity contribution in [3.63, 3.8) is 0 Å². The molecule has 7 nitrogen and oxygen atoms in total. The summed E-state index contributed by atoms with van der Waals surface area (Å²) in [7, 11) is -3.42. The Morgan fingerprint density at radius 1 is 1.07 bits per heavy atom. The van der Waals surface area contributed by atoms with Gasteiger partial charge in [-0.25, -0.2) is 8.42 Å². The average molecular weight is 399 g/mol. The zero-order valence-corrected chi connectivity index (χ0v) is 16.1. The molecule has 2 aromatic carbocycles. The highest BCUT2D eigenvalue weighted by atomic mass is 32.2. The molecule has 3 aromatic rings. The van der Waals surface area contributed by atoms with Gasteiger partial charge in [0.1, 0.15) is 11.4 Å². The topological polar surface area (TPSA) is 112 Å². The molecule has 1 aliphatic rings. The first-order chi connectivity index (χ1) is 13.3. The Morgan fingerprint density at radius 2 is 1.82 bits per heavy atom. The number of aliphatic hydroxyl groups excluding tert-OH is 1. The zero-order chi connectivity index (χ0) is 19.9. The second-order valence-electron chi connectivity index (χ2n) is 7.20. The lowest BCUT2D eigenvalue weighted by molar-refractivity contribution is 0.182. The van der Waals surface area contributed by atoms with Crippen LogP contribution in [0.2, 0.25) is 0 Å². The Bertz CT molecular complexity index is 1150. The number of aromatic hydroxyl groups is 1. The molecule has 0 bridgehead atoms. The maximum Gasteiger partial charge on any atom is 0.175 e. The van der Waals surface area contributed by atoms with Gasteiger partial charge in [-0.3, -0.25) is 0 Å². The summed E-state index contributed by atoms with van der Waals surface area (Å²) in [4.78, 5) is 0.0455. The van der Waals surface area contributed by atoms with Crippen LogP contribution in [-0.2, 0) is 9.84 Å². The van der Waals surface area contributed by atoms with Gasteiger partial charge < -0.3 is 15.5 Å². The van der Waals surface area contributed by atoms with E-state index in [2.05, 4.69) is 15.5 Å². The first-order valence-corrected chi connectivity index (χ1v) is 11.0. The summed E-state index contributed by atoms with van der Waals surface area (Å²) in [6, 6.07) is 11.9. The molecule has 0 spiro atoms. The smallest absolute Gasteiger partial charge is 0.175 e. The maximum atomic E-state index is 11.7. The van der Waals surface area contributed by atoms with Crippen molar-refractivity contribution in [2.75, 3.05) is 11.6 Å². The summed E-state index contributed by atoms with van der Waals surface area (Å²) in [5, 5.41) is 33.8. The number of hydrogen-bond donors (Lipinski definition) is 3. The van der Waals surface area contributed by atoms with E-state index in [4.69, 9.17) is 0 Å². The molecule has 1 heterocycles. The number of fused-ring (bicyclic) bond motifs is 1. The van der Waals surface area contributed by atoms with Gasteiger partial charge in [0.2, 0.25) is 0 Å². The molecular weight excluding hydrogens is 378 g/mol. The van der Waals surface area contributed by atoms with E-state index in [1.807, 2.05) is 24.3 Å². The SMILES string of the molecule is CS(=O)(=O)c1ccc(-c2nnc(N[C@H]3CC[C@H](O)C3)c3ccccc23)c(O)c1. The zero-order valence-electron chi connectivity index (χ0n) is 15.3.